The van der Waals surface area contributed by atoms with Crippen LogP contribution >= 0.6 is 22.7 Å². The molecule has 0 bridgehead atoms. The van der Waals surface area contributed by atoms with Crippen LogP contribution in [0.25, 0.3) is 0 Å². The van der Waals surface area contributed by atoms with Crippen LogP contribution in [0.15, 0.2) is 16.4 Å². The first-order valence-electron chi connectivity index (χ1n) is 4.33. The average molecular weight is 225 g/mol. The number of aryl methyl sites for hydroxylation is 1. The first kappa shape index (κ1) is 9.76. The van der Waals surface area contributed by atoms with E-state index in [1.807, 2.05) is 17.9 Å². The molecule has 0 fully saturated rings. The Hall–Kier alpha value is -0.780. The Kier molecular flexibility index (Phi) is 3.23. The van der Waals surface area contributed by atoms with Crippen LogP contribution in [-0.2, 0) is 13.1 Å². The van der Waals surface area contributed by atoms with Crippen molar-refractivity contribution in [2.45, 2.75) is 20.0 Å². The second-order valence-electron chi connectivity index (χ2n) is 2.94. The van der Waals surface area contributed by atoms with Gasteiger partial charge in [0, 0.05) is 23.3 Å². The largest absolute Gasteiger partial charge is 0.306 e. The molecule has 0 spiro atoms. The predicted octanol–water partition coefficient (Wildman–Crippen LogP) is 2.20. The average Bonchev–Trinajstić information content (AvgIpc) is 2.78. The molecule has 2 heterocycles. The number of hydrogen-bond donors (Lipinski definition) is 1. The van der Waals surface area contributed by atoms with Crippen LogP contribution in [0.4, 0.5) is 0 Å². The molecule has 0 aromatic carbocycles. The second-order valence-corrected chi connectivity index (χ2v) is 4.60. The predicted molar refractivity (Wildman–Crippen MR) is 59.5 cm³/mol. The van der Waals surface area contributed by atoms with Gasteiger partial charge in [-0.25, -0.2) is 9.97 Å². The van der Waals surface area contributed by atoms with Crippen molar-refractivity contribution in [1.82, 2.24) is 15.3 Å². The van der Waals surface area contributed by atoms with Gasteiger partial charge in [-0.3, -0.25) is 0 Å². The van der Waals surface area contributed by atoms with Crippen molar-refractivity contribution in [3.63, 3.8) is 0 Å². The van der Waals surface area contributed by atoms with Crippen molar-refractivity contribution in [2.75, 3.05) is 0 Å². The van der Waals surface area contributed by atoms with E-state index in [0.29, 0.717) is 0 Å². The zero-order valence-electron chi connectivity index (χ0n) is 7.86. The lowest BCUT2D eigenvalue weighted by Crippen LogP contribution is -2.12. The molecule has 0 aliphatic rings. The van der Waals surface area contributed by atoms with Gasteiger partial charge in [-0.05, 0) is 6.92 Å². The molecule has 14 heavy (non-hydrogen) atoms. The fourth-order valence-corrected chi connectivity index (χ4v) is 2.43. The van der Waals surface area contributed by atoms with Crippen LogP contribution in [0, 0.1) is 6.92 Å². The zero-order chi connectivity index (χ0) is 9.80. The topological polar surface area (TPSA) is 37.8 Å². The summed E-state index contributed by atoms with van der Waals surface area (Å²) in [7, 11) is 0. The van der Waals surface area contributed by atoms with Crippen molar-refractivity contribution in [1.29, 1.82) is 0 Å². The molecule has 0 atom stereocenters. The monoisotopic (exact) mass is 225 g/mol. The van der Waals surface area contributed by atoms with Gasteiger partial charge in [0.15, 0.2) is 0 Å². The van der Waals surface area contributed by atoms with Crippen LogP contribution in [0.1, 0.15) is 16.3 Å². The van der Waals surface area contributed by atoms with Crippen LogP contribution < -0.4 is 5.32 Å². The highest BCUT2D eigenvalue weighted by atomic mass is 32.1. The molecule has 0 amide bonds. The van der Waals surface area contributed by atoms with Crippen molar-refractivity contribution >= 4 is 22.7 Å². The molecule has 2 rings (SSSR count). The molecule has 2 aromatic heterocycles. The molecule has 0 aliphatic heterocycles. The van der Waals surface area contributed by atoms with E-state index in [1.54, 1.807) is 22.7 Å². The van der Waals surface area contributed by atoms with E-state index in [1.165, 1.54) is 4.88 Å². The number of nitrogens with one attached hydrogen (secondary N) is 1. The van der Waals surface area contributed by atoms with Gasteiger partial charge >= 0.3 is 0 Å². The van der Waals surface area contributed by atoms with E-state index in [-0.39, 0.29) is 0 Å². The van der Waals surface area contributed by atoms with Gasteiger partial charge in [0.05, 0.1) is 22.4 Å². The fraction of sp³-hybridized carbons (Fsp3) is 0.333. The Morgan fingerprint density at radius 2 is 2.21 bits per heavy atom. The minimum absolute atomic E-state index is 0.834. The summed E-state index contributed by atoms with van der Waals surface area (Å²) in [5.41, 5.74) is 5.97. The van der Waals surface area contributed by atoms with E-state index in [9.17, 15) is 0 Å². The summed E-state index contributed by atoms with van der Waals surface area (Å²) < 4.78 is 0. The standard InChI is InChI=1S/C9H11N3S2/c1-7-9(14-6-11-7)3-10-2-8-4-13-5-12-8/h4-6,10H,2-3H2,1H3. The maximum absolute atomic E-state index is 4.20. The number of nitrogens with zero attached hydrogens (tertiary/aromatic N) is 2. The summed E-state index contributed by atoms with van der Waals surface area (Å²) in [5, 5.41) is 5.41. The normalized spacial score (nSPS) is 10.6. The van der Waals surface area contributed by atoms with E-state index in [4.69, 9.17) is 0 Å². The fourth-order valence-electron chi connectivity index (χ4n) is 1.12. The van der Waals surface area contributed by atoms with Crippen LogP contribution in [-0.4, -0.2) is 9.97 Å². The molecule has 0 saturated carbocycles. The van der Waals surface area contributed by atoms with E-state index in [2.05, 4.69) is 20.7 Å². The first-order chi connectivity index (χ1) is 6.86. The summed E-state index contributed by atoms with van der Waals surface area (Å²) >= 11 is 3.33. The summed E-state index contributed by atoms with van der Waals surface area (Å²) in [6.45, 7) is 3.76. The van der Waals surface area contributed by atoms with Crippen molar-refractivity contribution in [2.24, 2.45) is 0 Å². The molecule has 2 aromatic rings. The maximum atomic E-state index is 4.20. The number of rotatable bonds is 4. The third-order valence-corrected chi connectivity index (χ3v) is 3.49. The molecular formula is C9H11N3S2. The minimum Gasteiger partial charge on any atom is -0.306 e. The molecule has 0 radical (unpaired) electrons. The Morgan fingerprint density at radius 1 is 1.29 bits per heavy atom. The first-order valence-corrected chi connectivity index (χ1v) is 6.15. The smallest absolute Gasteiger partial charge is 0.0798 e. The molecule has 1 N–H and O–H groups in total. The van der Waals surface area contributed by atoms with Gasteiger partial charge in [-0.15, -0.1) is 22.7 Å². The lowest BCUT2D eigenvalue weighted by Gasteiger charge is -2.00. The molecular weight excluding hydrogens is 214 g/mol. The molecule has 5 heteroatoms. The quantitative estimate of drug-likeness (QED) is 0.867. The molecule has 74 valence electrons. The lowest BCUT2D eigenvalue weighted by molar-refractivity contribution is 0.686. The molecule has 0 saturated heterocycles. The SMILES string of the molecule is Cc1ncsc1CNCc1cscn1. The lowest BCUT2D eigenvalue weighted by atomic mass is 10.4. The maximum Gasteiger partial charge on any atom is 0.0798 e. The number of aromatic nitrogens is 2. The van der Waals surface area contributed by atoms with Crippen molar-refractivity contribution in [3.05, 3.63) is 32.7 Å². The summed E-state index contributed by atoms with van der Waals surface area (Å²) in [5.74, 6) is 0. The van der Waals surface area contributed by atoms with Gasteiger partial charge in [-0.2, -0.15) is 0 Å². The van der Waals surface area contributed by atoms with Gasteiger partial charge in [0.25, 0.3) is 0 Å². The third kappa shape index (κ3) is 2.37. The minimum atomic E-state index is 0.834. The third-order valence-electron chi connectivity index (χ3n) is 1.92. The van der Waals surface area contributed by atoms with E-state index < -0.39 is 0 Å². The second kappa shape index (κ2) is 4.63. The van der Waals surface area contributed by atoms with Gasteiger partial charge in [-0.1, -0.05) is 0 Å². The highest BCUT2D eigenvalue weighted by Crippen LogP contribution is 2.11. The summed E-state index contributed by atoms with van der Waals surface area (Å²) in [6, 6.07) is 0. The van der Waals surface area contributed by atoms with E-state index in [0.717, 1.165) is 24.5 Å². The van der Waals surface area contributed by atoms with Crippen LogP contribution in [0.5, 0.6) is 0 Å². The molecule has 0 aliphatic carbocycles. The highest BCUT2D eigenvalue weighted by Gasteiger charge is 2.00. The Bertz CT molecular complexity index is 380. The van der Waals surface area contributed by atoms with Gasteiger partial charge < -0.3 is 5.32 Å². The number of hydrogen-bond acceptors (Lipinski definition) is 5. The zero-order valence-corrected chi connectivity index (χ0v) is 9.49. The summed E-state index contributed by atoms with van der Waals surface area (Å²) in [6.07, 6.45) is 0. The highest BCUT2D eigenvalue weighted by molar-refractivity contribution is 7.09. The summed E-state index contributed by atoms with van der Waals surface area (Å²) in [4.78, 5) is 9.70. The number of thiazole rings is 2. The Morgan fingerprint density at radius 3 is 2.86 bits per heavy atom. The van der Waals surface area contributed by atoms with Gasteiger partial charge in [0.2, 0.25) is 0 Å². The molecule has 0 unspecified atom stereocenters. The van der Waals surface area contributed by atoms with Crippen molar-refractivity contribution < 1.29 is 0 Å². The van der Waals surface area contributed by atoms with Gasteiger partial charge in [0.1, 0.15) is 0 Å². The Balaban J connectivity index is 1.81. The molecule has 3 nitrogen and oxygen atoms in total. The Labute approximate surface area is 90.9 Å². The van der Waals surface area contributed by atoms with E-state index >= 15 is 0 Å². The van der Waals surface area contributed by atoms with Crippen LogP contribution in [0.3, 0.4) is 0 Å². The van der Waals surface area contributed by atoms with Crippen LogP contribution in [0.2, 0.25) is 0 Å². The van der Waals surface area contributed by atoms with Crippen molar-refractivity contribution in [3.8, 4) is 0 Å².